The molecule has 1 aromatic rings. The predicted molar refractivity (Wildman–Crippen MR) is 82.4 cm³/mol. The van der Waals surface area contributed by atoms with Crippen LogP contribution in [0.5, 0.6) is 0 Å². The highest BCUT2D eigenvalue weighted by atomic mass is 79.9. The van der Waals surface area contributed by atoms with E-state index in [2.05, 4.69) is 40.8 Å². The van der Waals surface area contributed by atoms with E-state index in [-0.39, 0.29) is 12.5 Å². The van der Waals surface area contributed by atoms with Crippen LogP contribution in [0.1, 0.15) is 5.56 Å². The van der Waals surface area contributed by atoms with Gasteiger partial charge in [0.25, 0.3) is 5.91 Å². The Morgan fingerprint density at radius 3 is 2.30 bits per heavy atom. The molecule has 0 fully saturated rings. The first-order valence-electron chi connectivity index (χ1n) is 5.51. The van der Waals surface area contributed by atoms with Gasteiger partial charge in [-0.1, -0.05) is 30.3 Å². The number of nitrogens with two attached hydrogens (primary N) is 2. The van der Waals surface area contributed by atoms with E-state index in [1.54, 1.807) is 0 Å². The third-order valence-corrected chi connectivity index (χ3v) is 2.22. The lowest BCUT2D eigenvalue weighted by molar-refractivity contribution is -0.126. The maximum absolute atomic E-state index is 11.5. The fourth-order valence-corrected chi connectivity index (χ4v) is 1.31. The van der Waals surface area contributed by atoms with Gasteiger partial charge >= 0.3 is 0 Å². The summed E-state index contributed by atoms with van der Waals surface area (Å²) < 4.78 is 3.88. The molecule has 2 amide bonds. The van der Waals surface area contributed by atoms with E-state index in [0.29, 0.717) is 6.42 Å². The van der Waals surface area contributed by atoms with Gasteiger partial charge in [-0.3, -0.25) is 15.0 Å². The summed E-state index contributed by atoms with van der Waals surface area (Å²) >= 11 is 5.12. The Balaban J connectivity index is 0.00000110. The second-order valence-electron chi connectivity index (χ2n) is 3.64. The first kappa shape index (κ1) is 19.0. The molecule has 0 bridgehead atoms. The number of halogens is 2. The van der Waals surface area contributed by atoms with Crippen molar-refractivity contribution in [1.82, 2.24) is 10.7 Å². The van der Waals surface area contributed by atoms with Crippen molar-refractivity contribution in [2.45, 2.75) is 12.5 Å². The van der Waals surface area contributed by atoms with Crippen LogP contribution in [0.4, 0.5) is 0 Å². The third-order valence-electron chi connectivity index (χ3n) is 2.22. The predicted octanol–water partition coefficient (Wildman–Crippen LogP) is 0.285. The SMILES string of the molecule is BrOBr.NNC(=O)CNC(=O)[C@@H](N)Cc1ccccc1. The minimum Gasteiger partial charge on any atom is -0.346 e. The van der Waals surface area contributed by atoms with Gasteiger partial charge in [0.2, 0.25) is 5.91 Å². The molecule has 0 aliphatic heterocycles. The Morgan fingerprint density at radius 2 is 1.80 bits per heavy atom. The van der Waals surface area contributed by atoms with E-state index in [1.165, 1.54) is 0 Å². The van der Waals surface area contributed by atoms with Crippen LogP contribution >= 0.6 is 32.5 Å². The quantitative estimate of drug-likeness (QED) is 0.315. The Hall–Kier alpha value is -1.00. The zero-order valence-electron chi connectivity index (χ0n) is 10.5. The summed E-state index contributed by atoms with van der Waals surface area (Å²) in [4.78, 5) is 22.3. The molecule has 112 valence electrons. The minimum atomic E-state index is -0.678. The molecule has 0 saturated heterocycles. The normalized spacial score (nSPS) is 10.8. The van der Waals surface area contributed by atoms with Gasteiger partial charge in [-0.25, -0.2) is 8.76 Å². The van der Waals surface area contributed by atoms with Crippen LogP contribution in [0.25, 0.3) is 0 Å². The number of hydrazine groups is 1. The topological polar surface area (TPSA) is 119 Å². The number of rotatable bonds is 5. The Bertz CT molecular complexity index is 406. The zero-order valence-corrected chi connectivity index (χ0v) is 13.7. The van der Waals surface area contributed by atoms with Gasteiger partial charge in [-0.2, -0.15) is 0 Å². The zero-order chi connectivity index (χ0) is 15.4. The molecule has 1 rings (SSSR count). The highest BCUT2D eigenvalue weighted by molar-refractivity contribution is 9.18. The standard InChI is InChI=1S/C11H16N4O2.Br2O/c12-9(6-8-4-2-1-3-5-8)11(17)14-7-10(16)15-13;1-3-2/h1-5,9H,6-7,12-13H2,(H,14,17)(H,15,16);/t9-;/m0./s1. The lowest BCUT2D eigenvalue weighted by Crippen LogP contribution is -2.46. The molecule has 1 atom stereocenters. The second kappa shape index (κ2) is 11.8. The van der Waals surface area contributed by atoms with Gasteiger partial charge in [0.1, 0.15) is 32.5 Å². The van der Waals surface area contributed by atoms with E-state index < -0.39 is 11.9 Å². The first-order valence-corrected chi connectivity index (χ1v) is 6.80. The van der Waals surface area contributed by atoms with Crippen LogP contribution in [0.15, 0.2) is 30.3 Å². The lowest BCUT2D eigenvalue weighted by atomic mass is 10.1. The van der Waals surface area contributed by atoms with Crippen molar-refractivity contribution < 1.29 is 12.5 Å². The second-order valence-corrected chi connectivity index (χ2v) is 5.16. The summed E-state index contributed by atoms with van der Waals surface area (Å²) in [5.74, 6) is 4.03. The average molecular weight is 412 g/mol. The van der Waals surface area contributed by atoms with Crippen LogP contribution in [0.2, 0.25) is 0 Å². The minimum absolute atomic E-state index is 0.169. The molecule has 6 N–H and O–H groups in total. The average Bonchev–Trinajstić information content (AvgIpc) is 2.46. The molecular formula is C11H16Br2N4O3. The van der Waals surface area contributed by atoms with E-state index in [4.69, 9.17) is 11.6 Å². The molecule has 7 nitrogen and oxygen atoms in total. The van der Waals surface area contributed by atoms with E-state index >= 15 is 0 Å². The molecule has 0 aliphatic rings. The fourth-order valence-electron chi connectivity index (χ4n) is 1.31. The molecule has 1 aromatic carbocycles. The summed E-state index contributed by atoms with van der Waals surface area (Å²) in [6.07, 6.45) is 0.427. The number of hydrogen-bond acceptors (Lipinski definition) is 5. The van der Waals surface area contributed by atoms with Crippen molar-refractivity contribution >= 4 is 44.3 Å². The molecule has 0 unspecified atom stereocenters. The number of amides is 2. The fraction of sp³-hybridized carbons (Fsp3) is 0.273. The number of nitrogens with one attached hydrogen (secondary N) is 2. The van der Waals surface area contributed by atoms with Crippen LogP contribution in [-0.2, 0) is 18.9 Å². The Labute approximate surface area is 134 Å². The number of benzene rings is 1. The summed E-state index contributed by atoms with van der Waals surface area (Å²) in [6.45, 7) is -0.169. The highest BCUT2D eigenvalue weighted by Gasteiger charge is 2.14. The van der Waals surface area contributed by atoms with Gasteiger partial charge in [-0.15, -0.1) is 0 Å². The van der Waals surface area contributed by atoms with Crippen molar-refractivity contribution in [2.24, 2.45) is 11.6 Å². The first-order chi connectivity index (χ1) is 9.54. The Morgan fingerprint density at radius 1 is 1.25 bits per heavy atom. The number of carbonyl (C=O) groups excluding carboxylic acids is 2. The largest absolute Gasteiger partial charge is 0.346 e. The monoisotopic (exact) mass is 410 g/mol. The number of carbonyl (C=O) groups is 2. The maximum Gasteiger partial charge on any atom is 0.253 e. The van der Waals surface area contributed by atoms with E-state index in [9.17, 15) is 9.59 Å². The van der Waals surface area contributed by atoms with Gasteiger partial charge in [-0.05, 0) is 12.0 Å². The molecule has 0 aromatic heterocycles. The van der Waals surface area contributed by atoms with Gasteiger partial charge in [0.15, 0.2) is 0 Å². The molecule has 0 radical (unpaired) electrons. The van der Waals surface area contributed by atoms with E-state index in [0.717, 1.165) is 5.56 Å². The molecule has 9 heteroatoms. The smallest absolute Gasteiger partial charge is 0.253 e. The van der Waals surface area contributed by atoms with Gasteiger partial charge in [0.05, 0.1) is 12.6 Å². The van der Waals surface area contributed by atoms with E-state index in [1.807, 2.05) is 35.8 Å². The Kier molecular flexibility index (Phi) is 11.2. The summed E-state index contributed by atoms with van der Waals surface area (Å²) in [7, 11) is 0. The van der Waals surface area contributed by atoms with Crippen LogP contribution < -0.4 is 22.3 Å². The van der Waals surface area contributed by atoms with Crippen molar-refractivity contribution in [3.8, 4) is 0 Å². The number of hydrogen-bond donors (Lipinski definition) is 4. The third kappa shape index (κ3) is 8.99. The maximum atomic E-state index is 11.5. The lowest BCUT2D eigenvalue weighted by Gasteiger charge is -2.11. The van der Waals surface area contributed by atoms with Crippen molar-refractivity contribution in [3.63, 3.8) is 0 Å². The van der Waals surface area contributed by atoms with Crippen molar-refractivity contribution in [3.05, 3.63) is 35.9 Å². The van der Waals surface area contributed by atoms with Crippen LogP contribution in [0, 0.1) is 0 Å². The summed E-state index contributed by atoms with van der Waals surface area (Å²) in [6, 6.07) is 8.74. The molecule has 0 aliphatic carbocycles. The molecule has 0 saturated carbocycles. The van der Waals surface area contributed by atoms with Crippen molar-refractivity contribution in [2.75, 3.05) is 6.54 Å². The van der Waals surface area contributed by atoms with Crippen molar-refractivity contribution in [1.29, 1.82) is 0 Å². The molecular weight excluding hydrogens is 396 g/mol. The molecule has 0 heterocycles. The highest BCUT2D eigenvalue weighted by Crippen LogP contribution is 2.01. The summed E-state index contributed by atoms with van der Waals surface area (Å²) in [5, 5.41) is 2.40. The van der Waals surface area contributed by atoms with Gasteiger partial charge in [0, 0.05) is 0 Å². The summed E-state index contributed by atoms with van der Waals surface area (Å²) in [5.41, 5.74) is 8.59. The molecule has 20 heavy (non-hydrogen) atoms. The molecule has 0 spiro atoms. The van der Waals surface area contributed by atoms with Gasteiger partial charge < -0.3 is 11.1 Å². The van der Waals surface area contributed by atoms with Crippen LogP contribution in [0.3, 0.4) is 0 Å². The van der Waals surface area contributed by atoms with Crippen LogP contribution in [-0.4, -0.2) is 24.4 Å².